The first kappa shape index (κ1) is 16.4. The van der Waals surface area contributed by atoms with E-state index in [1.54, 1.807) is 5.51 Å². The summed E-state index contributed by atoms with van der Waals surface area (Å²) in [5, 5.41) is 1.89. The van der Waals surface area contributed by atoms with Crippen LogP contribution in [0.3, 0.4) is 0 Å². The topological polar surface area (TPSA) is 65.2 Å². The lowest BCUT2D eigenvalue weighted by Gasteiger charge is -2.21. The van der Waals surface area contributed by atoms with Crippen LogP contribution in [0.15, 0.2) is 71.6 Å². The van der Waals surface area contributed by atoms with Crippen molar-refractivity contribution in [2.75, 3.05) is 0 Å². The number of nitrogens with two attached hydrogens (primary N) is 1. The van der Waals surface area contributed by atoms with Crippen molar-refractivity contribution in [3.63, 3.8) is 0 Å². The van der Waals surface area contributed by atoms with Crippen molar-refractivity contribution >= 4 is 17.3 Å². The van der Waals surface area contributed by atoms with Gasteiger partial charge in [0.15, 0.2) is 6.10 Å². The molecule has 3 rings (SSSR count). The van der Waals surface area contributed by atoms with E-state index in [1.807, 2.05) is 66.0 Å². The number of carbonyl (C=O) groups is 1. The second-order valence-corrected chi connectivity index (χ2v) is 6.15. The molecule has 5 heteroatoms. The Kier molecular flexibility index (Phi) is 5.36. The van der Waals surface area contributed by atoms with Gasteiger partial charge in [0.1, 0.15) is 6.04 Å². The second-order valence-electron chi connectivity index (χ2n) is 5.43. The fourth-order valence-corrected chi connectivity index (χ4v) is 3.01. The highest BCUT2D eigenvalue weighted by Crippen LogP contribution is 2.26. The van der Waals surface area contributed by atoms with Crippen LogP contribution >= 0.6 is 11.3 Å². The molecule has 122 valence electrons. The summed E-state index contributed by atoms with van der Waals surface area (Å²) in [6.07, 6.45) is -0.0973. The zero-order chi connectivity index (χ0) is 16.8. The van der Waals surface area contributed by atoms with E-state index < -0.39 is 18.1 Å². The van der Waals surface area contributed by atoms with E-state index in [0.29, 0.717) is 6.42 Å². The molecule has 0 radical (unpaired) electrons. The monoisotopic (exact) mass is 338 g/mol. The second kappa shape index (κ2) is 7.86. The van der Waals surface area contributed by atoms with Crippen molar-refractivity contribution < 1.29 is 9.53 Å². The van der Waals surface area contributed by atoms with E-state index in [1.165, 1.54) is 11.3 Å². The van der Waals surface area contributed by atoms with E-state index in [-0.39, 0.29) is 0 Å². The predicted octanol–water partition coefficient (Wildman–Crippen LogP) is 3.35. The SMILES string of the molecule is N[C@@H](Cc1cscn1)C(=O)OC(c1ccccc1)c1ccccc1. The van der Waals surface area contributed by atoms with Gasteiger partial charge in [-0.3, -0.25) is 4.79 Å². The standard InChI is InChI=1S/C19H18N2O2S/c20-17(11-16-12-24-13-21-16)19(22)23-18(14-7-3-1-4-8-14)15-9-5-2-6-10-15/h1-10,12-13,17-18H,11,20H2/t17-/m0/s1. The highest BCUT2D eigenvalue weighted by Gasteiger charge is 2.23. The number of benzene rings is 2. The van der Waals surface area contributed by atoms with Crippen molar-refractivity contribution in [2.45, 2.75) is 18.6 Å². The summed E-state index contributed by atoms with van der Waals surface area (Å²) in [6, 6.07) is 18.6. The number of hydrogen-bond acceptors (Lipinski definition) is 5. The molecule has 0 aliphatic carbocycles. The van der Waals surface area contributed by atoms with Crippen LogP contribution in [0.25, 0.3) is 0 Å². The third kappa shape index (κ3) is 4.07. The molecule has 2 N–H and O–H groups in total. The molecule has 24 heavy (non-hydrogen) atoms. The van der Waals surface area contributed by atoms with Crippen LogP contribution in [0.2, 0.25) is 0 Å². The third-order valence-electron chi connectivity index (χ3n) is 3.65. The average Bonchev–Trinajstić information content (AvgIpc) is 3.14. The van der Waals surface area contributed by atoms with Gasteiger partial charge in [0.05, 0.1) is 11.2 Å². The van der Waals surface area contributed by atoms with Gasteiger partial charge in [-0.1, -0.05) is 60.7 Å². The van der Waals surface area contributed by atoms with Gasteiger partial charge in [0, 0.05) is 11.8 Å². The summed E-state index contributed by atoms with van der Waals surface area (Å²) in [4.78, 5) is 16.6. The molecule has 0 bridgehead atoms. The van der Waals surface area contributed by atoms with Gasteiger partial charge >= 0.3 is 5.97 Å². The van der Waals surface area contributed by atoms with Crippen LogP contribution in [0, 0.1) is 0 Å². The zero-order valence-corrected chi connectivity index (χ0v) is 13.9. The van der Waals surface area contributed by atoms with E-state index >= 15 is 0 Å². The smallest absolute Gasteiger partial charge is 0.324 e. The van der Waals surface area contributed by atoms with Crippen LogP contribution in [0.1, 0.15) is 22.9 Å². The highest BCUT2D eigenvalue weighted by molar-refractivity contribution is 7.07. The van der Waals surface area contributed by atoms with Crippen LogP contribution in [-0.2, 0) is 16.0 Å². The van der Waals surface area contributed by atoms with Gasteiger partial charge in [-0.25, -0.2) is 4.98 Å². The Hall–Kier alpha value is -2.50. The van der Waals surface area contributed by atoms with Crippen molar-refractivity contribution in [2.24, 2.45) is 5.73 Å². The largest absolute Gasteiger partial charge is 0.451 e. The first-order valence-electron chi connectivity index (χ1n) is 7.67. The van der Waals surface area contributed by atoms with Gasteiger partial charge in [-0.15, -0.1) is 11.3 Å². The zero-order valence-electron chi connectivity index (χ0n) is 13.0. The van der Waals surface area contributed by atoms with E-state index in [0.717, 1.165) is 16.8 Å². The van der Waals surface area contributed by atoms with Crippen molar-refractivity contribution in [1.82, 2.24) is 4.98 Å². The molecule has 2 aromatic carbocycles. The Morgan fingerprint density at radius 3 is 2.12 bits per heavy atom. The molecule has 0 amide bonds. The quantitative estimate of drug-likeness (QED) is 0.700. The number of ether oxygens (including phenoxy) is 1. The normalized spacial score (nSPS) is 12.1. The molecular formula is C19H18N2O2S. The molecule has 1 heterocycles. The first-order valence-corrected chi connectivity index (χ1v) is 8.61. The molecule has 0 spiro atoms. The minimum atomic E-state index is -0.734. The van der Waals surface area contributed by atoms with Gasteiger partial charge in [0.2, 0.25) is 0 Å². The molecule has 4 nitrogen and oxygen atoms in total. The maximum absolute atomic E-state index is 12.5. The van der Waals surface area contributed by atoms with Crippen LogP contribution in [-0.4, -0.2) is 17.0 Å². The lowest BCUT2D eigenvalue weighted by atomic mass is 10.0. The van der Waals surface area contributed by atoms with E-state index in [4.69, 9.17) is 10.5 Å². The Bertz CT molecular complexity index is 721. The van der Waals surface area contributed by atoms with Gasteiger partial charge in [0.25, 0.3) is 0 Å². The van der Waals surface area contributed by atoms with Gasteiger partial charge in [-0.2, -0.15) is 0 Å². The van der Waals surface area contributed by atoms with E-state index in [9.17, 15) is 4.79 Å². The van der Waals surface area contributed by atoms with E-state index in [2.05, 4.69) is 4.98 Å². The molecule has 1 aromatic heterocycles. The molecular weight excluding hydrogens is 320 g/mol. The number of carbonyl (C=O) groups excluding carboxylic acids is 1. The fourth-order valence-electron chi connectivity index (χ4n) is 2.43. The minimum Gasteiger partial charge on any atom is -0.451 e. The van der Waals surface area contributed by atoms with Crippen LogP contribution < -0.4 is 5.73 Å². The van der Waals surface area contributed by atoms with Crippen molar-refractivity contribution in [1.29, 1.82) is 0 Å². The Morgan fingerprint density at radius 1 is 1.04 bits per heavy atom. The number of hydrogen-bond donors (Lipinski definition) is 1. The number of thiazole rings is 1. The third-order valence-corrected chi connectivity index (χ3v) is 4.29. The molecule has 3 aromatic rings. The molecule has 0 aliphatic rings. The van der Waals surface area contributed by atoms with Crippen LogP contribution in [0.5, 0.6) is 0 Å². The van der Waals surface area contributed by atoms with Gasteiger partial charge < -0.3 is 10.5 Å². The highest BCUT2D eigenvalue weighted by atomic mass is 32.1. The fraction of sp³-hybridized carbons (Fsp3) is 0.158. The predicted molar refractivity (Wildman–Crippen MR) is 94.6 cm³/mol. The van der Waals surface area contributed by atoms with Crippen molar-refractivity contribution in [3.05, 3.63) is 88.4 Å². The molecule has 1 atom stereocenters. The number of rotatable bonds is 6. The minimum absolute atomic E-state index is 0.374. The number of esters is 1. The first-order chi connectivity index (χ1) is 11.7. The summed E-state index contributed by atoms with van der Waals surface area (Å²) in [6.45, 7) is 0. The van der Waals surface area contributed by atoms with Crippen molar-refractivity contribution in [3.8, 4) is 0 Å². The lowest BCUT2D eigenvalue weighted by Crippen LogP contribution is -2.35. The maximum atomic E-state index is 12.5. The molecule has 0 fully saturated rings. The Labute approximate surface area is 144 Å². The number of aromatic nitrogens is 1. The molecule has 0 saturated carbocycles. The number of nitrogens with zero attached hydrogens (tertiary/aromatic N) is 1. The van der Waals surface area contributed by atoms with Gasteiger partial charge in [-0.05, 0) is 11.1 Å². The lowest BCUT2D eigenvalue weighted by molar-refractivity contribution is -0.149. The summed E-state index contributed by atoms with van der Waals surface area (Å²) in [5.74, 6) is -0.430. The average molecular weight is 338 g/mol. The molecule has 0 saturated heterocycles. The molecule has 0 aliphatic heterocycles. The summed E-state index contributed by atoms with van der Waals surface area (Å²) >= 11 is 1.48. The summed E-state index contributed by atoms with van der Waals surface area (Å²) in [7, 11) is 0. The van der Waals surface area contributed by atoms with Crippen LogP contribution in [0.4, 0.5) is 0 Å². The molecule has 0 unspecified atom stereocenters. The maximum Gasteiger partial charge on any atom is 0.324 e. The Balaban J connectivity index is 1.78. The Morgan fingerprint density at radius 2 is 1.62 bits per heavy atom. The summed E-state index contributed by atoms with van der Waals surface area (Å²) in [5.41, 5.74) is 10.4. The summed E-state index contributed by atoms with van der Waals surface area (Å²) < 4.78 is 5.74.